The van der Waals surface area contributed by atoms with Crippen LogP contribution in [0.3, 0.4) is 0 Å². The van der Waals surface area contributed by atoms with Crippen LogP contribution < -0.4 is 4.74 Å². The molecular weight excluding hydrogens is 212 g/mol. The first-order chi connectivity index (χ1) is 7.56. The van der Waals surface area contributed by atoms with E-state index in [0.717, 1.165) is 0 Å². The Bertz CT molecular complexity index is 363. The molecule has 1 rings (SSSR count). The van der Waals surface area contributed by atoms with Gasteiger partial charge >= 0.3 is 5.97 Å². The molecule has 2 atom stereocenters. The van der Waals surface area contributed by atoms with E-state index in [1.165, 1.54) is 12.1 Å². The molecule has 0 spiro atoms. The third-order valence-corrected chi connectivity index (χ3v) is 2.06. The lowest BCUT2D eigenvalue weighted by atomic mass is 10.0. The van der Waals surface area contributed by atoms with Crippen molar-refractivity contribution in [3.63, 3.8) is 0 Å². The SMILES string of the molecule is CCOc1cccc(C(O)C(O)C(=O)O)c1. The number of hydrogen-bond acceptors (Lipinski definition) is 4. The third kappa shape index (κ3) is 2.95. The maximum Gasteiger partial charge on any atom is 0.335 e. The topological polar surface area (TPSA) is 87.0 Å². The molecule has 0 aliphatic rings. The number of carboxylic acid groups (broad SMARTS) is 1. The van der Waals surface area contributed by atoms with E-state index in [-0.39, 0.29) is 0 Å². The number of rotatable bonds is 5. The summed E-state index contributed by atoms with van der Waals surface area (Å²) in [6.07, 6.45) is -3.30. The minimum Gasteiger partial charge on any atom is -0.494 e. The average molecular weight is 226 g/mol. The molecule has 1 aromatic carbocycles. The molecule has 0 amide bonds. The molecule has 0 saturated carbocycles. The molecule has 1 aromatic rings. The summed E-state index contributed by atoms with van der Waals surface area (Å²) in [4.78, 5) is 10.5. The zero-order chi connectivity index (χ0) is 12.1. The predicted molar refractivity (Wildman–Crippen MR) is 56.2 cm³/mol. The van der Waals surface area contributed by atoms with Crippen LogP contribution in [0.1, 0.15) is 18.6 Å². The van der Waals surface area contributed by atoms with Gasteiger partial charge in [-0.2, -0.15) is 0 Å². The van der Waals surface area contributed by atoms with Crippen LogP contribution in [0, 0.1) is 0 Å². The Morgan fingerprint density at radius 3 is 2.69 bits per heavy atom. The van der Waals surface area contributed by atoms with Crippen molar-refractivity contribution in [1.82, 2.24) is 0 Å². The first-order valence-electron chi connectivity index (χ1n) is 4.88. The summed E-state index contributed by atoms with van der Waals surface area (Å²) in [7, 11) is 0. The van der Waals surface area contributed by atoms with Gasteiger partial charge in [0.2, 0.25) is 0 Å². The van der Waals surface area contributed by atoms with Gasteiger partial charge in [0.15, 0.2) is 6.10 Å². The molecular formula is C11H14O5. The van der Waals surface area contributed by atoms with Crippen molar-refractivity contribution in [2.75, 3.05) is 6.61 Å². The first-order valence-corrected chi connectivity index (χ1v) is 4.88. The molecule has 0 aromatic heterocycles. The van der Waals surface area contributed by atoms with Gasteiger partial charge in [0.05, 0.1) is 6.61 Å². The minimum atomic E-state index is -1.84. The van der Waals surface area contributed by atoms with Crippen molar-refractivity contribution in [3.8, 4) is 5.75 Å². The third-order valence-electron chi connectivity index (χ3n) is 2.06. The van der Waals surface area contributed by atoms with Gasteiger partial charge in [-0.25, -0.2) is 4.79 Å². The summed E-state index contributed by atoms with van der Waals surface area (Å²) >= 11 is 0. The molecule has 0 aliphatic heterocycles. The fraction of sp³-hybridized carbons (Fsp3) is 0.364. The largest absolute Gasteiger partial charge is 0.494 e. The van der Waals surface area contributed by atoms with Gasteiger partial charge in [0.25, 0.3) is 0 Å². The summed E-state index contributed by atoms with van der Waals surface area (Å²) in [5.41, 5.74) is 0.306. The number of ether oxygens (including phenoxy) is 1. The maximum absolute atomic E-state index is 10.5. The van der Waals surface area contributed by atoms with Crippen molar-refractivity contribution in [1.29, 1.82) is 0 Å². The van der Waals surface area contributed by atoms with Crippen molar-refractivity contribution in [3.05, 3.63) is 29.8 Å². The Morgan fingerprint density at radius 2 is 2.12 bits per heavy atom. The van der Waals surface area contributed by atoms with Crippen molar-refractivity contribution >= 4 is 5.97 Å². The molecule has 88 valence electrons. The van der Waals surface area contributed by atoms with Gasteiger partial charge in [0, 0.05) is 0 Å². The molecule has 0 radical (unpaired) electrons. The second-order valence-electron chi connectivity index (χ2n) is 3.23. The molecule has 0 bridgehead atoms. The minimum absolute atomic E-state index is 0.306. The van der Waals surface area contributed by atoms with Gasteiger partial charge in [-0.05, 0) is 24.6 Å². The number of hydrogen-bond donors (Lipinski definition) is 3. The molecule has 0 heterocycles. The van der Waals surface area contributed by atoms with Crippen molar-refractivity contribution < 1.29 is 24.9 Å². The lowest BCUT2D eigenvalue weighted by molar-refractivity contribution is -0.153. The second kappa shape index (κ2) is 5.48. The van der Waals surface area contributed by atoms with Crippen molar-refractivity contribution in [2.45, 2.75) is 19.1 Å². The Morgan fingerprint density at radius 1 is 1.44 bits per heavy atom. The quantitative estimate of drug-likeness (QED) is 0.683. The van der Waals surface area contributed by atoms with Crippen LogP contribution in [0.4, 0.5) is 0 Å². The van der Waals surface area contributed by atoms with Crippen molar-refractivity contribution in [2.24, 2.45) is 0 Å². The fourth-order valence-corrected chi connectivity index (χ4v) is 1.27. The molecule has 0 aliphatic carbocycles. The summed E-state index contributed by atoms with van der Waals surface area (Å²) in [6.45, 7) is 2.29. The van der Waals surface area contributed by atoms with Gasteiger partial charge in [0.1, 0.15) is 11.9 Å². The fourth-order valence-electron chi connectivity index (χ4n) is 1.27. The molecule has 0 saturated heterocycles. The average Bonchev–Trinajstić information content (AvgIpc) is 2.28. The van der Waals surface area contributed by atoms with Crippen LogP contribution in [0.15, 0.2) is 24.3 Å². The molecule has 0 fully saturated rings. The standard InChI is InChI=1S/C11H14O5/c1-2-16-8-5-3-4-7(6-8)9(12)10(13)11(14)15/h3-6,9-10,12-13H,2H2,1H3,(H,14,15). The zero-order valence-corrected chi connectivity index (χ0v) is 8.83. The Labute approximate surface area is 92.9 Å². The summed E-state index contributed by atoms with van der Waals surface area (Å²) in [5, 5.41) is 27.3. The summed E-state index contributed by atoms with van der Waals surface area (Å²) < 4.78 is 5.20. The van der Waals surface area contributed by atoms with Crippen LogP contribution in [-0.2, 0) is 4.79 Å². The van der Waals surface area contributed by atoms with Crippen LogP contribution in [0.5, 0.6) is 5.75 Å². The molecule has 2 unspecified atom stereocenters. The van der Waals surface area contributed by atoms with E-state index in [0.29, 0.717) is 17.9 Å². The highest BCUT2D eigenvalue weighted by Gasteiger charge is 2.25. The lowest BCUT2D eigenvalue weighted by Crippen LogP contribution is -2.27. The van der Waals surface area contributed by atoms with Gasteiger partial charge in [-0.3, -0.25) is 0 Å². The van der Waals surface area contributed by atoms with Crippen LogP contribution >= 0.6 is 0 Å². The number of benzene rings is 1. The lowest BCUT2D eigenvalue weighted by Gasteiger charge is -2.15. The summed E-state index contributed by atoms with van der Waals surface area (Å²) in [6, 6.07) is 6.34. The van der Waals surface area contributed by atoms with Gasteiger partial charge < -0.3 is 20.1 Å². The molecule has 16 heavy (non-hydrogen) atoms. The van der Waals surface area contributed by atoms with Gasteiger partial charge in [-0.1, -0.05) is 12.1 Å². The van der Waals surface area contributed by atoms with E-state index >= 15 is 0 Å². The highest BCUT2D eigenvalue weighted by Crippen LogP contribution is 2.21. The number of aliphatic hydroxyl groups excluding tert-OH is 2. The number of aliphatic hydroxyl groups is 2. The molecule has 3 N–H and O–H groups in total. The van der Waals surface area contributed by atoms with E-state index in [1.54, 1.807) is 12.1 Å². The van der Waals surface area contributed by atoms with Crippen LogP contribution in [-0.4, -0.2) is 34.0 Å². The Hall–Kier alpha value is -1.59. The number of carboxylic acids is 1. The van der Waals surface area contributed by atoms with E-state index in [2.05, 4.69) is 0 Å². The summed E-state index contributed by atoms with van der Waals surface area (Å²) in [5.74, 6) is -0.939. The normalized spacial score (nSPS) is 14.2. The highest BCUT2D eigenvalue weighted by atomic mass is 16.5. The molecule has 5 heteroatoms. The Kier molecular flexibility index (Phi) is 4.28. The predicted octanol–water partition coefficient (Wildman–Crippen LogP) is 0.564. The van der Waals surface area contributed by atoms with Gasteiger partial charge in [-0.15, -0.1) is 0 Å². The van der Waals surface area contributed by atoms with E-state index < -0.39 is 18.2 Å². The zero-order valence-electron chi connectivity index (χ0n) is 8.83. The number of aliphatic carboxylic acids is 1. The van der Waals surface area contributed by atoms with E-state index in [1.807, 2.05) is 6.92 Å². The number of carbonyl (C=O) groups is 1. The smallest absolute Gasteiger partial charge is 0.335 e. The van der Waals surface area contributed by atoms with Crippen LogP contribution in [0.25, 0.3) is 0 Å². The monoisotopic (exact) mass is 226 g/mol. The van der Waals surface area contributed by atoms with E-state index in [9.17, 15) is 15.0 Å². The first kappa shape index (κ1) is 12.5. The second-order valence-corrected chi connectivity index (χ2v) is 3.23. The molecule has 5 nitrogen and oxygen atoms in total. The van der Waals surface area contributed by atoms with E-state index in [4.69, 9.17) is 9.84 Å². The Balaban J connectivity index is 2.86. The maximum atomic E-state index is 10.5. The van der Waals surface area contributed by atoms with Crippen LogP contribution in [0.2, 0.25) is 0 Å². The highest BCUT2D eigenvalue weighted by molar-refractivity contribution is 5.73.